The number of carbonyl (C=O) groups is 4. The first-order valence-corrected chi connectivity index (χ1v) is 14.7. The van der Waals surface area contributed by atoms with E-state index in [2.05, 4.69) is 5.32 Å². The van der Waals surface area contributed by atoms with Crippen LogP contribution in [0.5, 0.6) is 0 Å². The number of carbonyl (C=O) groups excluding carboxylic acids is 3. The Morgan fingerprint density at radius 3 is 2.09 bits per heavy atom. The van der Waals surface area contributed by atoms with Crippen LogP contribution in [0.1, 0.15) is 86.6 Å². The summed E-state index contributed by atoms with van der Waals surface area (Å²) in [6.07, 6.45) is 6.60. The number of allylic oxidation sites excluding steroid dienone is 2. The maximum absolute atomic E-state index is 13.7. The van der Waals surface area contributed by atoms with E-state index in [0.29, 0.717) is 11.5 Å². The molecule has 6 nitrogen and oxygen atoms in total. The summed E-state index contributed by atoms with van der Waals surface area (Å²) in [7, 11) is 0. The summed E-state index contributed by atoms with van der Waals surface area (Å²) in [6, 6.07) is 18.3. The molecular weight excluding hydrogens is 579 g/mol. The molecule has 1 aliphatic carbocycles. The zero-order chi connectivity index (χ0) is 31.0. The standard InChI is InChI=1S/C33H30F3NO5S/c34-33(35,36)43-27-8-4-7-26(19-27)29(38)20-28(23-11-9-22(10-12-23)21-5-2-1-3-6-21)31(41)24-13-15-25(16-14-24)32(42)37-18-17-30(39)40/h4,7-16,19-21H,1-3,5-6,17-18H2,(H,37,42)(H,39,40)/b28-20+. The first-order valence-electron chi connectivity index (χ1n) is 13.9. The van der Waals surface area contributed by atoms with Crippen LogP contribution < -0.4 is 5.32 Å². The van der Waals surface area contributed by atoms with Gasteiger partial charge in [-0.3, -0.25) is 19.2 Å². The molecule has 2 N–H and O–H groups in total. The molecule has 43 heavy (non-hydrogen) atoms. The van der Waals surface area contributed by atoms with E-state index in [1.54, 1.807) is 12.1 Å². The SMILES string of the molecule is O=C(O)CCNC(=O)c1ccc(C(=O)/C(=C/C(=O)c2cccc(SC(F)(F)F)c2)c2ccc(C3CCCCC3)cc2)cc1. The van der Waals surface area contributed by atoms with Crippen LogP contribution in [0.15, 0.2) is 83.8 Å². The van der Waals surface area contributed by atoms with Gasteiger partial charge >= 0.3 is 11.5 Å². The Balaban J connectivity index is 1.63. The number of halogens is 3. The number of benzene rings is 3. The van der Waals surface area contributed by atoms with Crippen LogP contribution in [0.4, 0.5) is 13.2 Å². The second-order valence-electron chi connectivity index (χ2n) is 10.3. The van der Waals surface area contributed by atoms with Gasteiger partial charge < -0.3 is 10.4 Å². The van der Waals surface area contributed by atoms with Crippen molar-refractivity contribution in [2.45, 2.75) is 54.8 Å². The quantitative estimate of drug-likeness (QED) is 0.131. The van der Waals surface area contributed by atoms with Crippen molar-refractivity contribution in [3.63, 3.8) is 0 Å². The van der Waals surface area contributed by atoms with Crippen LogP contribution in [-0.4, -0.2) is 40.6 Å². The molecule has 0 spiro atoms. The fourth-order valence-electron chi connectivity index (χ4n) is 5.03. The predicted octanol–water partition coefficient (Wildman–Crippen LogP) is 7.70. The molecule has 0 bridgehead atoms. The summed E-state index contributed by atoms with van der Waals surface area (Å²) in [5, 5.41) is 11.2. The number of carboxylic acids is 1. The van der Waals surface area contributed by atoms with Gasteiger partial charge in [0, 0.05) is 33.7 Å². The van der Waals surface area contributed by atoms with Gasteiger partial charge in [0.1, 0.15) is 0 Å². The van der Waals surface area contributed by atoms with Crippen molar-refractivity contribution >= 4 is 40.8 Å². The van der Waals surface area contributed by atoms with E-state index >= 15 is 0 Å². The van der Waals surface area contributed by atoms with Crippen LogP contribution in [0.3, 0.4) is 0 Å². The summed E-state index contributed by atoms with van der Waals surface area (Å²) >= 11 is -0.326. The minimum absolute atomic E-state index is 0.00626. The number of thioether (sulfide) groups is 1. The number of rotatable bonds is 11. The molecule has 0 atom stereocenters. The molecule has 10 heteroatoms. The normalized spacial score (nSPS) is 14.3. The first kappa shape index (κ1) is 31.7. The highest BCUT2D eigenvalue weighted by Gasteiger charge is 2.29. The van der Waals surface area contributed by atoms with E-state index in [0.717, 1.165) is 43.4 Å². The second kappa shape index (κ2) is 14.3. The third-order valence-corrected chi connectivity index (χ3v) is 7.93. The summed E-state index contributed by atoms with van der Waals surface area (Å²) in [5.74, 6) is -2.25. The molecule has 0 radical (unpaired) electrons. The van der Waals surface area contributed by atoms with Gasteiger partial charge in [-0.05, 0) is 72.0 Å². The van der Waals surface area contributed by atoms with Crippen molar-refractivity contribution in [1.29, 1.82) is 0 Å². The highest BCUT2D eigenvalue weighted by molar-refractivity contribution is 8.00. The number of carboxylic acid groups (broad SMARTS) is 1. The number of hydrogen-bond acceptors (Lipinski definition) is 5. The van der Waals surface area contributed by atoms with E-state index in [-0.39, 0.29) is 51.9 Å². The largest absolute Gasteiger partial charge is 0.481 e. The summed E-state index contributed by atoms with van der Waals surface area (Å²) in [6.45, 7) is -0.0522. The van der Waals surface area contributed by atoms with E-state index in [4.69, 9.17) is 5.11 Å². The maximum Gasteiger partial charge on any atom is 0.446 e. The van der Waals surface area contributed by atoms with E-state index < -0.39 is 29.0 Å². The lowest BCUT2D eigenvalue weighted by Crippen LogP contribution is -2.26. The molecule has 1 aliphatic rings. The average Bonchev–Trinajstić information content (AvgIpc) is 2.99. The van der Waals surface area contributed by atoms with Crippen molar-refractivity contribution in [3.8, 4) is 0 Å². The van der Waals surface area contributed by atoms with Crippen LogP contribution in [0.25, 0.3) is 5.57 Å². The number of ketones is 2. The smallest absolute Gasteiger partial charge is 0.446 e. The molecule has 0 aliphatic heterocycles. The van der Waals surface area contributed by atoms with Gasteiger partial charge in [0.05, 0.1) is 6.42 Å². The molecule has 1 fully saturated rings. The molecule has 3 aromatic carbocycles. The van der Waals surface area contributed by atoms with Crippen molar-refractivity contribution in [3.05, 3.63) is 107 Å². The molecule has 224 valence electrons. The fraction of sp³-hybridized carbons (Fsp3) is 0.273. The number of hydrogen-bond donors (Lipinski definition) is 2. The number of alkyl halides is 3. The van der Waals surface area contributed by atoms with Crippen LogP contribution in [0.2, 0.25) is 0 Å². The van der Waals surface area contributed by atoms with Gasteiger partial charge in [0.15, 0.2) is 11.6 Å². The molecule has 4 rings (SSSR count). The Labute approximate surface area is 251 Å². The molecule has 0 aromatic heterocycles. The van der Waals surface area contributed by atoms with Crippen molar-refractivity contribution in [2.75, 3.05) is 6.54 Å². The fourth-order valence-corrected chi connectivity index (χ4v) is 5.62. The lowest BCUT2D eigenvalue weighted by molar-refractivity contribution is -0.136. The Morgan fingerprint density at radius 1 is 0.837 bits per heavy atom. The van der Waals surface area contributed by atoms with E-state index in [9.17, 15) is 32.3 Å². The molecule has 1 saturated carbocycles. The zero-order valence-electron chi connectivity index (χ0n) is 23.2. The van der Waals surface area contributed by atoms with Crippen molar-refractivity contribution in [1.82, 2.24) is 5.32 Å². The number of aliphatic carboxylic acids is 1. The van der Waals surface area contributed by atoms with Gasteiger partial charge in [0.25, 0.3) is 5.91 Å². The van der Waals surface area contributed by atoms with Crippen LogP contribution in [-0.2, 0) is 4.79 Å². The molecule has 1 amide bonds. The summed E-state index contributed by atoms with van der Waals surface area (Å²) in [5.41, 5.74) is -2.40. The van der Waals surface area contributed by atoms with Crippen molar-refractivity contribution < 1.29 is 37.5 Å². The zero-order valence-corrected chi connectivity index (χ0v) is 24.0. The summed E-state index contributed by atoms with van der Waals surface area (Å²) in [4.78, 5) is 49.9. The molecular formula is C33H30F3NO5S. The Bertz CT molecular complexity index is 1510. The topological polar surface area (TPSA) is 101 Å². The molecule has 3 aromatic rings. The van der Waals surface area contributed by atoms with Gasteiger partial charge in [-0.25, -0.2) is 0 Å². The minimum Gasteiger partial charge on any atom is -0.481 e. The monoisotopic (exact) mass is 609 g/mol. The highest BCUT2D eigenvalue weighted by Crippen LogP contribution is 2.37. The molecule has 0 saturated heterocycles. The first-order chi connectivity index (χ1) is 20.5. The molecule has 0 unspecified atom stereocenters. The molecule has 0 heterocycles. The average molecular weight is 610 g/mol. The lowest BCUT2D eigenvalue weighted by atomic mass is 9.83. The summed E-state index contributed by atoms with van der Waals surface area (Å²) < 4.78 is 38.7. The number of amides is 1. The minimum atomic E-state index is -4.52. The van der Waals surface area contributed by atoms with E-state index in [1.165, 1.54) is 48.9 Å². The Kier molecular flexibility index (Phi) is 10.6. The lowest BCUT2D eigenvalue weighted by Gasteiger charge is -2.22. The third kappa shape index (κ3) is 9.15. The van der Waals surface area contributed by atoms with E-state index in [1.807, 2.05) is 12.1 Å². The van der Waals surface area contributed by atoms with Gasteiger partial charge in [0.2, 0.25) is 0 Å². The maximum atomic E-state index is 13.7. The Morgan fingerprint density at radius 2 is 1.47 bits per heavy atom. The second-order valence-corrected chi connectivity index (χ2v) is 11.4. The van der Waals surface area contributed by atoms with Gasteiger partial charge in [-0.2, -0.15) is 13.2 Å². The van der Waals surface area contributed by atoms with Crippen molar-refractivity contribution in [2.24, 2.45) is 0 Å². The van der Waals surface area contributed by atoms with Crippen LogP contribution in [0, 0.1) is 0 Å². The number of Topliss-reactive ketones (excluding diaryl/α,β-unsaturated/α-hetero) is 1. The third-order valence-electron chi connectivity index (χ3n) is 7.20. The number of nitrogens with one attached hydrogen (secondary N) is 1. The van der Waals surface area contributed by atoms with Crippen LogP contribution >= 0.6 is 11.8 Å². The predicted molar refractivity (Wildman–Crippen MR) is 158 cm³/mol. The Hall–Kier alpha value is -4.18. The van der Waals surface area contributed by atoms with Gasteiger partial charge in [-0.15, -0.1) is 0 Å². The highest BCUT2D eigenvalue weighted by atomic mass is 32.2. The van der Waals surface area contributed by atoms with Gasteiger partial charge in [-0.1, -0.05) is 67.8 Å².